The summed E-state index contributed by atoms with van der Waals surface area (Å²) in [7, 11) is 1.37. The van der Waals surface area contributed by atoms with E-state index in [-0.39, 0.29) is 39.0 Å². The highest BCUT2D eigenvalue weighted by molar-refractivity contribution is 5.82. The number of rotatable bonds is 4. The van der Waals surface area contributed by atoms with E-state index in [4.69, 9.17) is 4.74 Å². The Labute approximate surface area is 132 Å². The van der Waals surface area contributed by atoms with Crippen molar-refractivity contribution in [3.63, 3.8) is 0 Å². The highest BCUT2D eigenvalue weighted by Gasteiger charge is 2.52. The van der Waals surface area contributed by atoms with Crippen molar-refractivity contribution in [3.8, 4) is 0 Å². The number of amides is 1. The van der Waals surface area contributed by atoms with E-state index >= 15 is 0 Å². The molecule has 2 fully saturated rings. The quantitative estimate of drug-likeness (QED) is 0.855. The monoisotopic (exact) mass is 337 g/mol. The molecule has 1 saturated carbocycles. The minimum atomic E-state index is -4.39. The first-order valence-electron chi connectivity index (χ1n) is 7.79. The number of carbonyl (C=O) groups is 2. The number of ether oxygens (including phenoxy) is 1. The molecule has 8 heteroatoms. The second kappa shape index (κ2) is 6.67. The second-order valence-corrected chi connectivity index (χ2v) is 6.57. The van der Waals surface area contributed by atoms with Crippen LogP contribution in [0.5, 0.6) is 0 Å². The molecular weight excluding hydrogens is 315 g/mol. The number of carboxylic acid groups (broad SMARTS) is 1. The van der Waals surface area contributed by atoms with Crippen LogP contribution in [0.2, 0.25) is 0 Å². The van der Waals surface area contributed by atoms with Crippen LogP contribution in [0.1, 0.15) is 32.1 Å². The molecule has 1 heterocycles. The normalized spacial score (nSPS) is 32.1. The summed E-state index contributed by atoms with van der Waals surface area (Å²) in [6.45, 7) is 0.0190. The van der Waals surface area contributed by atoms with Gasteiger partial charge in [-0.05, 0) is 19.3 Å². The molecular formula is C15H22F3NO4. The fraction of sp³-hybridized carbons (Fsp3) is 0.867. The Bertz CT molecular complexity index is 468. The van der Waals surface area contributed by atoms with E-state index in [1.54, 1.807) is 0 Å². The van der Waals surface area contributed by atoms with Crippen LogP contribution < -0.4 is 0 Å². The van der Waals surface area contributed by atoms with E-state index in [2.05, 4.69) is 0 Å². The predicted octanol–water partition coefficient (Wildman–Crippen LogP) is 2.30. The van der Waals surface area contributed by atoms with Gasteiger partial charge in [0.25, 0.3) is 0 Å². The maximum Gasteiger partial charge on any atom is 0.392 e. The van der Waals surface area contributed by atoms with Crippen molar-refractivity contribution in [1.82, 2.24) is 4.90 Å². The summed E-state index contributed by atoms with van der Waals surface area (Å²) in [5.41, 5.74) is -1.22. The number of hydrogen-bond donors (Lipinski definition) is 1. The molecule has 23 heavy (non-hydrogen) atoms. The number of likely N-dealkylation sites (tertiary alicyclic amines) is 1. The molecule has 0 aromatic carbocycles. The third-order valence-corrected chi connectivity index (χ3v) is 5.04. The number of nitrogens with zero attached hydrogens (tertiary/aromatic N) is 1. The summed E-state index contributed by atoms with van der Waals surface area (Å²) in [5, 5.41) is 9.39. The van der Waals surface area contributed by atoms with Gasteiger partial charge in [0.2, 0.25) is 5.91 Å². The number of hydrogen-bond acceptors (Lipinski definition) is 3. The molecule has 0 aromatic heterocycles. The third kappa shape index (κ3) is 3.62. The lowest BCUT2D eigenvalue weighted by Crippen LogP contribution is -2.46. The van der Waals surface area contributed by atoms with Gasteiger partial charge in [-0.25, -0.2) is 0 Å². The Hall–Kier alpha value is -1.31. The van der Waals surface area contributed by atoms with Crippen molar-refractivity contribution in [2.75, 3.05) is 26.8 Å². The van der Waals surface area contributed by atoms with Crippen molar-refractivity contribution in [1.29, 1.82) is 0 Å². The van der Waals surface area contributed by atoms with Crippen LogP contribution in [0, 0.1) is 17.3 Å². The summed E-state index contributed by atoms with van der Waals surface area (Å²) < 4.78 is 44.4. The molecule has 132 valence electrons. The highest BCUT2D eigenvalue weighted by Crippen LogP contribution is 2.43. The van der Waals surface area contributed by atoms with Crippen LogP contribution in [-0.4, -0.2) is 54.9 Å². The minimum absolute atomic E-state index is 0.0319. The zero-order chi connectivity index (χ0) is 17.3. The molecule has 1 aliphatic heterocycles. The largest absolute Gasteiger partial charge is 0.481 e. The summed E-state index contributed by atoms with van der Waals surface area (Å²) in [6, 6.07) is 0. The van der Waals surface area contributed by atoms with Crippen molar-refractivity contribution in [2.45, 2.75) is 38.3 Å². The lowest BCUT2D eigenvalue weighted by molar-refractivity contribution is -0.200. The predicted molar refractivity (Wildman–Crippen MR) is 74.6 cm³/mol. The zero-order valence-electron chi connectivity index (χ0n) is 13.1. The lowest BCUT2D eigenvalue weighted by Gasteiger charge is -2.34. The van der Waals surface area contributed by atoms with E-state index in [1.807, 2.05) is 0 Å². The Morgan fingerprint density at radius 3 is 2.52 bits per heavy atom. The summed E-state index contributed by atoms with van der Waals surface area (Å²) in [6.07, 6.45) is -2.95. The van der Waals surface area contributed by atoms with Crippen LogP contribution in [0.25, 0.3) is 0 Å². The first kappa shape index (κ1) is 18.0. The fourth-order valence-electron chi connectivity index (χ4n) is 3.74. The van der Waals surface area contributed by atoms with Crippen LogP contribution in [-0.2, 0) is 14.3 Å². The van der Waals surface area contributed by atoms with Gasteiger partial charge >= 0.3 is 12.1 Å². The first-order chi connectivity index (χ1) is 10.7. The van der Waals surface area contributed by atoms with Crippen LogP contribution in [0.4, 0.5) is 13.2 Å². The number of halogens is 3. The van der Waals surface area contributed by atoms with Gasteiger partial charge in [-0.3, -0.25) is 9.59 Å². The van der Waals surface area contributed by atoms with Crippen LogP contribution in [0.3, 0.4) is 0 Å². The zero-order valence-corrected chi connectivity index (χ0v) is 13.1. The number of carbonyl (C=O) groups excluding carboxylic acids is 1. The summed E-state index contributed by atoms with van der Waals surface area (Å²) >= 11 is 0. The average Bonchev–Trinajstić information content (AvgIpc) is 2.92. The smallest absolute Gasteiger partial charge is 0.392 e. The van der Waals surface area contributed by atoms with Crippen LogP contribution >= 0.6 is 0 Å². The molecule has 2 rings (SSSR count). The van der Waals surface area contributed by atoms with E-state index < -0.39 is 35.3 Å². The molecule has 3 atom stereocenters. The van der Waals surface area contributed by atoms with Crippen molar-refractivity contribution in [2.24, 2.45) is 17.3 Å². The molecule has 5 nitrogen and oxygen atoms in total. The third-order valence-electron chi connectivity index (χ3n) is 5.04. The van der Waals surface area contributed by atoms with Crippen molar-refractivity contribution >= 4 is 11.9 Å². The molecule has 1 N–H and O–H groups in total. The molecule has 1 saturated heterocycles. The summed E-state index contributed by atoms with van der Waals surface area (Å²) in [4.78, 5) is 25.3. The Kier molecular flexibility index (Phi) is 5.23. The molecule has 2 aliphatic rings. The number of alkyl halides is 3. The molecule has 3 unspecified atom stereocenters. The lowest BCUT2D eigenvalue weighted by atomic mass is 9.78. The number of carboxylic acids is 1. The standard InChI is InChI=1S/C15H22F3NO4/c1-23-9-14(13(21)22)6-7-19(8-14)12(20)10-4-2-3-5-11(10)15(16,17)18/h10-11H,2-9H2,1H3,(H,21,22). The van der Waals surface area contributed by atoms with E-state index in [1.165, 1.54) is 12.0 Å². The minimum Gasteiger partial charge on any atom is -0.481 e. The Balaban J connectivity index is 2.12. The van der Waals surface area contributed by atoms with Gasteiger partial charge < -0.3 is 14.7 Å². The number of methoxy groups -OCH3 is 1. The van der Waals surface area contributed by atoms with Gasteiger partial charge in [0, 0.05) is 26.1 Å². The molecule has 0 radical (unpaired) electrons. The first-order valence-corrected chi connectivity index (χ1v) is 7.79. The van der Waals surface area contributed by atoms with E-state index in [0.29, 0.717) is 12.8 Å². The maximum absolute atomic E-state index is 13.2. The molecule has 0 aromatic rings. The van der Waals surface area contributed by atoms with Gasteiger partial charge in [-0.2, -0.15) is 13.2 Å². The molecule has 0 bridgehead atoms. The van der Waals surface area contributed by atoms with E-state index in [9.17, 15) is 27.9 Å². The van der Waals surface area contributed by atoms with E-state index in [0.717, 1.165) is 0 Å². The number of aliphatic carboxylic acids is 1. The second-order valence-electron chi connectivity index (χ2n) is 6.57. The molecule has 1 aliphatic carbocycles. The average molecular weight is 337 g/mol. The summed E-state index contributed by atoms with van der Waals surface area (Å²) in [5.74, 6) is -4.35. The Morgan fingerprint density at radius 1 is 1.30 bits per heavy atom. The Morgan fingerprint density at radius 2 is 1.96 bits per heavy atom. The SMILES string of the molecule is COCC1(C(=O)O)CCN(C(=O)C2CCCCC2C(F)(F)F)C1. The van der Waals surface area contributed by atoms with Gasteiger partial charge in [-0.15, -0.1) is 0 Å². The fourth-order valence-corrected chi connectivity index (χ4v) is 3.74. The van der Waals surface area contributed by atoms with Crippen molar-refractivity contribution in [3.05, 3.63) is 0 Å². The van der Waals surface area contributed by atoms with Gasteiger partial charge in [0.1, 0.15) is 5.41 Å². The van der Waals surface area contributed by atoms with Gasteiger partial charge in [0.15, 0.2) is 0 Å². The highest BCUT2D eigenvalue weighted by atomic mass is 19.4. The van der Waals surface area contributed by atoms with Gasteiger partial charge in [-0.1, -0.05) is 12.8 Å². The molecule has 1 amide bonds. The topological polar surface area (TPSA) is 66.8 Å². The molecule has 0 spiro atoms. The van der Waals surface area contributed by atoms with Crippen LogP contribution in [0.15, 0.2) is 0 Å². The van der Waals surface area contributed by atoms with Crippen molar-refractivity contribution < 1.29 is 32.6 Å². The maximum atomic E-state index is 13.2. The van der Waals surface area contributed by atoms with Gasteiger partial charge in [0.05, 0.1) is 12.5 Å².